The Balaban J connectivity index is 1.64. The zero-order valence-electron chi connectivity index (χ0n) is 18.6. The zero-order valence-corrected chi connectivity index (χ0v) is 18.6. The van der Waals surface area contributed by atoms with E-state index in [9.17, 15) is 20.1 Å². The van der Waals surface area contributed by atoms with Crippen molar-refractivity contribution in [3.05, 3.63) is 59.2 Å². The summed E-state index contributed by atoms with van der Waals surface area (Å²) >= 11 is 0. The van der Waals surface area contributed by atoms with Gasteiger partial charge in [0.05, 0.1) is 13.2 Å². The number of nitrogens with zero attached hydrogens (tertiary/aromatic N) is 1. The normalized spacial score (nSPS) is 29.4. The topological polar surface area (TPSA) is 99.5 Å². The molecular weight excluding hydrogens is 410 g/mol. The van der Waals surface area contributed by atoms with E-state index in [0.717, 1.165) is 16.7 Å². The Morgan fingerprint density at radius 1 is 1.19 bits per heavy atom. The maximum atomic E-state index is 11.2. The van der Waals surface area contributed by atoms with E-state index in [2.05, 4.69) is 0 Å². The van der Waals surface area contributed by atoms with Crippen molar-refractivity contribution in [3.63, 3.8) is 0 Å². The van der Waals surface area contributed by atoms with E-state index in [-0.39, 0.29) is 5.92 Å². The van der Waals surface area contributed by atoms with Crippen LogP contribution in [0.3, 0.4) is 0 Å². The second kappa shape index (κ2) is 8.83. The molecule has 1 fully saturated rings. The summed E-state index contributed by atoms with van der Waals surface area (Å²) in [5, 5.41) is 31.4. The van der Waals surface area contributed by atoms with Crippen LogP contribution in [0.5, 0.6) is 11.5 Å². The molecule has 2 aromatic rings. The van der Waals surface area contributed by atoms with Gasteiger partial charge in [0, 0.05) is 30.8 Å². The van der Waals surface area contributed by atoms with Gasteiger partial charge in [-0.2, -0.15) is 0 Å². The van der Waals surface area contributed by atoms with Crippen molar-refractivity contribution in [3.8, 4) is 11.5 Å². The van der Waals surface area contributed by atoms with Crippen LogP contribution in [0.15, 0.2) is 42.5 Å². The van der Waals surface area contributed by atoms with Crippen molar-refractivity contribution in [1.82, 2.24) is 4.90 Å². The fourth-order valence-electron chi connectivity index (χ4n) is 5.06. The quantitative estimate of drug-likeness (QED) is 0.566. The van der Waals surface area contributed by atoms with Gasteiger partial charge in [0.2, 0.25) is 0 Å². The molecule has 3 N–H and O–H groups in total. The van der Waals surface area contributed by atoms with Gasteiger partial charge in [-0.15, -0.1) is 0 Å². The van der Waals surface area contributed by atoms with Gasteiger partial charge in [-0.3, -0.25) is 9.69 Å². The summed E-state index contributed by atoms with van der Waals surface area (Å²) in [5.41, 5.74) is 2.29. The minimum absolute atomic E-state index is 0.143. The molecule has 172 valence electrons. The smallest absolute Gasteiger partial charge is 0.163 e. The number of hydrogen-bond acceptors (Lipinski definition) is 7. The molecule has 7 nitrogen and oxygen atoms in total. The third kappa shape index (κ3) is 3.90. The molecule has 1 saturated heterocycles. The Morgan fingerprint density at radius 3 is 2.59 bits per heavy atom. The van der Waals surface area contributed by atoms with Crippen LogP contribution in [-0.4, -0.2) is 65.1 Å². The first-order valence-corrected chi connectivity index (χ1v) is 10.9. The average molecular weight is 442 g/mol. The Morgan fingerprint density at radius 2 is 1.94 bits per heavy atom. The van der Waals surface area contributed by atoms with Gasteiger partial charge < -0.3 is 24.8 Å². The zero-order chi connectivity index (χ0) is 23.0. The van der Waals surface area contributed by atoms with Gasteiger partial charge in [0.25, 0.3) is 0 Å². The summed E-state index contributed by atoms with van der Waals surface area (Å²) in [6.07, 6.45) is -1.93. The van der Waals surface area contributed by atoms with Crippen LogP contribution in [0.1, 0.15) is 42.6 Å². The third-order valence-corrected chi connectivity index (χ3v) is 7.22. The first kappa shape index (κ1) is 22.7. The van der Waals surface area contributed by atoms with Crippen LogP contribution in [-0.2, 0) is 11.2 Å². The van der Waals surface area contributed by atoms with Gasteiger partial charge in [-0.05, 0) is 35.7 Å². The van der Waals surface area contributed by atoms with Crippen molar-refractivity contribution >= 4 is 6.29 Å². The number of carbonyl (C=O) groups is 1. The number of rotatable bonds is 7. The minimum atomic E-state index is -1.21. The standard InChI is InChI=1S/C25H31NO6/c1-15(28)25(2)14-26(23(29)13-27)12-19(25)17-8-9-20(31-3)21(11-17)32-22-10-16-6-4-5-7-18(16)24(22)30/h4-9,11,13,15,19,22-24,28-30H,10,12,14H2,1-3H3/t15-,19+,22?,23?,24?,25+/m1/s1. The molecule has 1 heterocycles. The highest BCUT2D eigenvalue weighted by Gasteiger charge is 2.48. The number of aliphatic hydroxyl groups is 3. The minimum Gasteiger partial charge on any atom is -0.493 e. The number of ether oxygens (including phenoxy) is 2. The summed E-state index contributed by atoms with van der Waals surface area (Å²) in [6.45, 7) is 4.50. The van der Waals surface area contributed by atoms with Crippen molar-refractivity contribution in [2.75, 3.05) is 20.2 Å². The molecule has 0 aromatic heterocycles. The number of aliphatic hydroxyl groups excluding tert-OH is 3. The summed E-state index contributed by atoms with van der Waals surface area (Å²) in [6, 6.07) is 13.4. The fourth-order valence-corrected chi connectivity index (χ4v) is 5.06. The predicted molar refractivity (Wildman–Crippen MR) is 119 cm³/mol. The van der Waals surface area contributed by atoms with E-state index in [4.69, 9.17) is 9.47 Å². The van der Waals surface area contributed by atoms with E-state index < -0.39 is 30.0 Å². The molecule has 0 saturated carbocycles. The maximum Gasteiger partial charge on any atom is 0.163 e. The van der Waals surface area contributed by atoms with Crippen molar-refractivity contribution in [1.29, 1.82) is 0 Å². The molecule has 2 aliphatic rings. The number of benzene rings is 2. The van der Waals surface area contributed by atoms with E-state index >= 15 is 0 Å². The number of fused-ring (bicyclic) bond motifs is 1. The lowest BCUT2D eigenvalue weighted by molar-refractivity contribution is -0.123. The van der Waals surface area contributed by atoms with E-state index in [0.29, 0.717) is 37.3 Å². The van der Waals surface area contributed by atoms with Crippen molar-refractivity contribution < 1.29 is 29.6 Å². The number of hydrogen-bond donors (Lipinski definition) is 3. The van der Waals surface area contributed by atoms with Crippen LogP contribution in [0.2, 0.25) is 0 Å². The highest BCUT2D eigenvalue weighted by molar-refractivity contribution is 5.55. The SMILES string of the molecule is COc1ccc([C@@H]2CN(C(O)C=O)C[C@@]2(C)[C@@H](C)O)cc1OC1Cc2ccccc2C1O. The molecule has 4 rings (SSSR count). The maximum absolute atomic E-state index is 11.2. The van der Waals surface area contributed by atoms with Gasteiger partial charge in [-0.1, -0.05) is 37.3 Å². The molecule has 7 heteroatoms. The van der Waals surface area contributed by atoms with Crippen LogP contribution in [0.25, 0.3) is 0 Å². The summed E-state index contributed by atoms with van der Waals surface area (Å²) < 4.78 is 11.8. The average Bonchev–Trinajstić information content (AvgIpc) is 3.31. The number of aldehydes is 1. The fraction of sp³-hybridized carbons (Fsp3) is 0.480. The van der Waals surface area contributed by atoms with Gasteiger partial charge in [0.15, 0.2) is 24.0 Å². The second-order valence-electron chi connectivity index (χ2n) is 9.13. The van der Waals surface area contributed by atoms with Crippen LogP contribution in [0.4, 0.5) is 0 Å². The lowest BCUT2D eigenvalue weighted by Crippen LogP contribution is -2.39. The van der Waals surface area contributed by atoms with Gasteiger partial charge >= 0.3 is 0 Å². The number of carbonyl (C=O) groups excluding carboxylic acids is 1. The molecule has 32 heavy (non-hydrogen) atoms. The van der Waals surface area contributed by atoms with Crippen LogP contribution >= 0.6 is 0 Å². The van der Waals surface area contributed by atoms with Gasteiger partial charge in [-0.25, -0.2) is 0 Å². The number of methoxy groups -OCH3 is 1. The van der Waals surface area contributed by atoms with E-state index in [1.807, 2.05) is 49.4 Å². The van der Waals surface area contributed by atoms with Crippen LogP contribution in [0, 0.1) is 5.41 Å². The number of likely N-dealkylation sites (tertiary alicyclic amines) is 1. The Labute approximate surface area is 188 Å². The third-order valence-electron chi connectivity index (χ3n) is 7.22. The molecule has 0 bridgehead atoms. The molecular formula is C25H31NO6. The Hall–Kier alpha value is -2.45. The van der Waals surface area contributed by atoms with Gasteiger partial charge in [0.1, 0.15) is 12.2 Å². The lowest BCUT2D eigenvalue weighted by atomic mass is 9.72. The largest absolute Gasteiger partial charge is 0.493 e. The van der Waals surface area contributed by atoms with E-state index in [1.165, 1.54) is 0 Å². The summed E-state index contributed by atoms with van der Waals surface area (Å²) in [7, 11) is 1.57. The first-order chi connectivity index (χ1) is 15.3. The molecule has 6 atom stereocenters. The Kier molecular flexibility index (Phi) is 6.27. The van der Waals surface area contributed by atoms with E-state index in [1.54, 1.807) is 18.9 Å². The monoisotopic (exact) mass is 441 g/mol. The second-order valence-corrected chi connectivity index (χ2v) is 9.13. The molecule has 0 radical (unpaired) electrons. The van der Waals surface area contributed by atoms with Crippen LogP contribution < -0.4 is 9.47 Å². The molecule has 0 amide bonds. The molecule has 1 aliphatic carbocycles. The highest BCUT2D eigenvalue weighted by Crippen LogP contribution is 2.47. The molecule has 0 spiro atoms. The lowest BCUT2D eigenvalue weighted by Gasteiger charge is -2.34. The van der Waals surface area contributed by atoms with Crippen molar-refractivity contribution in [2.45, 2.75) is 50.7 Å². The summed E-state index contributed by atoms with van der Waals surface area (Å²) in [4.78, 5) is 12.8. The molecule has 2 aromatic carbocycles. The first-order valence-electron chi connectivity index (χ1n) is 10.9. The highest BCUT2D eigenvalue weighted by atomic mass is 16.5. The predicted octanol–water partition coefficient (Wildman–Crippen LogP) is 2.04. The molecule has 3 unspecified atom stereocenters. The van der Waals surface area contributed by atoms with Crippen molar-refractivity contribution in [2.24, 2.45) is 5.41 Å². The Bertz CT molecular complexity index is 979. The summed E-state index contributed by atoms with van der Waals surface area (Å²) in [5.74, 6) is 0.929. The molecule has 1 aliphatic heterocycles.